The van der Waals surface area contributed by atoms with E-state index in [4.69, 9.17) is 0 Å². The molecule has 2 heterocycles. The summed E-state index contributed by atoms with van der Waals surface area (Å²) in [5.41, 5.74) is 4.36. The molecule has 1 atom stereocenters. The van der Waals surface area contributed by atoms with E-state index in [0.29, 0.717) is 0 Å². The fraction of sp³-hybridized carbons (Fsp3) is 0.533. The van der Waals surface area contributed by atoms with Crippen LogP contribution in [0.2, 0.25) is 0 Å². The number of aryl methyl sites for hydroxylation is 3. The van der Waals surface area contributed by atoms with Crippen molar-refractivity contribution >= 4 is 0 Å². The molecule has 0 saturated carbocycles. The number of likely N-dealkylation sites (N-methyl/N-ethyl adjacent to an activating group) is 1. The van der Waals surface area contributed by atoms with E-state index in [-0.39, 0.29) is 6.04 Å². The fourth-order valence-corrected chi connectivity index (χ4v) is 2.43. The van der Waals surface area contributed by atoms with Crippen molar-refractivity contribution in [3.05, 3.63) is 41.0 Å². The third-order valence-corrected chi connectivity index (χ3v) is 3.37. The maximum absolute atomic E-state index is 4.48. The third-order valence-electron chi connectivity index (χ3n) is 3.37. The molecule has 1 N–H and O–H groups in total. The lowest BCUT2D eigenvalue weighted by Gasteiger charge is -2.19. The van der Waals surface area contributed by atoms with Crippen molar-refractivity contribution in [3.8, 4) is 0 Å². The highest BCUT2D eigenvalue weighted by Crippen LogP contribution is 2.21. The molecule has 1 unspecified atom stereocenters. The Hall–Kier alpha value is -1.75. The summed E-state index contributed by atoms with van der Waals surface area (Å²) in [6.45, 7) is 7.15. The molecule has 0 fully saturated rings. The maximum atomic E-state index is 4.48. The van der Waals surface area contributed by atoms with Crippen molar-refractivity contribution in [2.45, 2.75) is 39.7 Å². The van der Waals surface area contributed by atoms with Gasteiger partial charge >= 0.3 is 0 Å². The first-order valence-electron chi connectivity index (χ1n) is 7.19. The molecule has 20 heavy (non-hydrogen) atoms. The number of hydrogen-bond donors (Lipinski definition) is 1. The van der Waals surface area contributed by atoms with Crippen LogP contribution in [0.4, 0.5) is 0 Å². The minimum absolute atomic E-state index is 0.235. The molecule has 0 aliphatic rings. The Bertz CT molecular complexity index is 561. The van der Waals surface area contributed by atoms with Gasteiger partial charge in [-0.25, -0.2) is 0 Å². The Balaban J connectivity index is 2.30. The summed E-state index contributed by atoms with van der Waals surface area (Å²) in [6, 6.07) is 4.44. The monoisotopic (exact) mass is 273 g/mol. The largest absolute Gasteiger partial charge is 0.310 e. The first-order chi connectivity index (χ1) is 9.63. The number of rotatable bonds is 6. The van der Waals surface area contributed by atoms with Crippen molar-refractivity contribution in [1.82, 2.24) is 25.3 Å². The molecule has 0 aliphatic heterocycles. The molecule has 0 radical (unpaired) electrons. The number of aromatic nitrogens is 4. The van der Waals surface area contributed by atoms with Crippen LogP contribution >= 0.6 is 0 Å². The van der Waals surface area contributed by atoms with Gasteiger partial charge in [-0.05, 0) is 37.6 Å². The average Bonchev–Trinajstić information content (AvgIpc) is 2.84. The second-order valence-electron chi connectivity index (χ2n) is 5.04. The molecule has 2 rings (SSSR count). The summed E-state index contributed by atoms with van der Waals surface area (Å²) in [4.78, 5) is 0. The molecule has 0 aromatic carbocycles. The second-order valence-corrected chi connectivity index (χ2v) is 5.04. The van der Waals surface area contributed by atoms with Crippen LogP contribution < -0.4 is 5.32 Å². The maximum Gasteiger partial charge on any atom is 0.0676 e. The van der Waals surface area contributed by atoms with Gasteiger partial charge in [-0.15, -0.1) is 0 Å². The number of nitrogens with zero attached hydrogens (tertiary/aromatic N) is 4. The van der Waals surface area contributed by atoms with Gasteiger partial charge in [0.05, 0.1) is 17.1 Å². The van der Waals surface area contributed by atoms with Crippen molar-refractivity contribution in [2.24, 2.45) is 7.05 Å². The van der Waals surface area contributed by atoms with Crippen molar-refractivity contribution in [1.29, 1.82) is 0 Å². The molecule has 2 aromatic rings. The van der Waals surface area contributed by atoms with Crippen LogP contribution in [0.25, 0.3) is 0 Å². The SMILES string of the molecule is CCNC(Cc1ccn(C)n1)c1cc(C)nnc1CC. The lowest BCUT2D eigenvalue weighted by molar-refractivity contribution is 0.530. The Morgan fingerprint density at radius 1 is 1.30 bits per heavy atom. The summed E-state index contributed by atoms with van der Waals surface area (Å²) in [5, 5.41) is 16.5. The lowest BCUT2D eigenvalue weighted by atomic mass is 9.99. The first-order valence-corrected chi connectivity index (χ1v) is 7.19. The van der Waals surface area contributed by atoms with Crippen LogP contribution in [0.5, 0.6) is 0 Å². The van der Waals surface area contributed by atoms with Gasteiger partial charge in [0.25, 0.3) is 0 Å². The zero-order valence-electron chi connectivity index (χ0n) is 12.7. The molecule has 0 aliphatic carbocycles. The van der Waals surface area contributed by atoms with E-state index in [1.165, 1.54) is 5.56 Å². The quantitative estimate of drug-likeness (QED) is 0.874. The number of nitrogens with one attached hydrogen (secondary N) is 1. The number of hydrogen-bond acceptors (Lipinski definition) is 4. The Kier molecular flexibility index (Phi) is 4.84. The summed E-state index contributed by atoms with van der Waals surface area (Å²) >= 11 is 0. The Morgan fingerprint density at radius 3 is 2.70 bits per heavy atom. The smallest absolute Gasteiger partial charge is 0.0676 e. The van der Waals surface area contributed by atoms with Gasteiger partial charge < -0.3 is 5.32 Å². The fourth-order valence-electron chi connectivity index (χ4n) is 2.43. The van der Waals surface area contributed by atoms with E-state index >= 15 is 0 Å². The molecular formula is C15H23N5. The van der Waals surface area contributed by atoms with Crippen molar-refractivity contribution < 1.29 is 0 Å². The minimum atomic E-state index is 0.235. The minimum Gasteiger partial charge on any atom is -0.310 e. The predicted molar refractivity (Wildman–Crippen MR) is 79.5 cm³/mol. The van der Waals surface area contributed by atoms with E-state index < -0.39 is 0 Å². The highest BCUT2D eigenvalue weighted by Gasteiger charge is 2.17. The summed E-state index contributed by atoms with van der Waals surface area (Å²) < 4.78 is 1.84. The molecule has 5 nitrogen and oxygen atoms in total. The standard InChI is InChI=1S/C15H23N5/c1-5-14-13(9-11(3)17-18-14)15(16-6-2)10-12-7-8-20(4)19-12/h7-9,15-16H,5-6,10H2,1-4H3. The van der Waals surface area contributed by atoms with E-state index in [1.54, 1.807) is 0 Å². The van der Waals surface area contributed by atoms with Crippen LogP contribution in [0.1, 0.15) is 42.5 Å². The van der Waals surface area contributed by atoms with Crippen molar-refractivity contribution in [2.75, 3.05) is 6.54 Å². The molecule has 0 bridgehead atoms. The average molecular weight is 273 g/mol. The summed E-state index contributed by atoms with van der Waals surface area (Å²) in [5.74, 6) is 0. The van der Waals surface area contributed by atoms with Gasteiger partial charge in [0.15, 0.2) is 0 Å². The first kappa shape index (κ1) is 14.7. The van der Waals surface area contributed by atoms with Crippen molar-refractivity contribution in [3.63, 3.8) is 0 Å². The highest BCUT2D eigenvalue weighted by atomic mass is 15.2. The summed E-state index contributed by atoms with van der Waals surface area (Å²) in [6.07, 6.45) is 3.74. The van der Waals surface area contributed by atoms with E-state index in [0.717, 1.165) is 36.5 Å². The third kappa shape index (κ3) is 3.42. The Morgan fingerprint density at radius 2 is 2.10 bits per heavy atom. The van der Waals surface area contributed by atoms with Gasteiger partial charge in [-0.3, -0.25) is 4.68 Å². The zero-order valence-corrected chi connectivity index (χ0v) is 12.7. The van der Waals surface area contributed by atoms with E-state index in [2.05, 4.69) is 46.6 Å². The molecule has 5 heteroatoms. The van der Waals surface area contributed by atoms with Crippen LogP contribution in [-0.4, -0.2) is 26.5 Å². The highest BCUT2D eigenvalue weighted by molar-refractivity contribution is 5.26. The van der Waals surface area contributed by atoms with Crippen LogP contribution in [0.15, 0.2) is 18.3 Å². The van der Waals surface area contributed by atoms with Crippen LogP contribution in [-0.2, 0) is 19.9 Å². The molecule has 0 saturated heterocycles. The topological polar surface area (TPSA) is 55.6 Å². The van der Waals surface area contributed by atoms with Gasteiger partial charge in [0.1, 0.15) is 0 Å². The molecular weight excluding hydrogens is 250 g/mol. The van der Waals surface area contributed by atoms with Crippen LogP contribution in [0.3, 0.4) is 0 Å². The van der Waals surface area contributed by atoms with Gasteiger partial charge in [-0.1, -0.05) is 13.8 Å². The van der Waals surface area contributed by atoms with E-state index in [1.807, 2.05) is 24.9 Å². The molecule has 0 amide bonds. The van der Waals surface area contributed by atoms with Gasteiger partial charge in [0.2, 0.25) is 0 Å². The van der Waals surface area contributed by atoms with E-state index in [9.17, 15) is 0 Å². The summed E-state index contributed by atoms with van der Waals surface area (Å²) in [7, 11) is 1.95. The molecule has 2 aromatic heterocycles. The molecule has 108 valence electrons. The predicted octanol–water partition coefficient (Wildman–Crippen LogP) is 1.97. The zero-order chi connectivity index (χ0) is 14.5. The van der Waals surface area contributed by atoms with Gasteiger partial charge in [-0.2, -0.15) is 15.3 Å². The normalized spacial score (nSPS) is 12.6. The van der Waals surface area contributed by atoms with Gasteiger partial charge in [0, 0.05) is 25.7 Å². The Labute approximate surface area is 120 Å². The lowest BCUT2D eigenvalue weighted by Crippen LogP contribution is -2.25. The molecule has 0 spiro atoms. The van der Waals surface area contributed by atoms with Crippen LogP contribution in [0, 0.1) is 6.92 Å². The second kappa shape index (κ2) is 6.61.